The predicted molar refractivity (Wildman–Crippen MR) is 82.7 cm³/mol. The summed E-state index contributed by atoms with van der Waals surface area (Å²) in [7, 11) is 0. The molecule has 0 bridgehead atoms. The van der Waals surface area contributed by atoms with Crippen LogP contribution in [0.1, 0.15) is 25.3 Å². The number of anilines is 1. The molecular formula is C14H21IN2. The van der Waals surface area contributed by atoms with Crippen LogP contribution in [0.3, 0.4) is 0 Å². The van der Waals surface area contributed by atoms with Gasteiger partial charge in [0.25, 0.3) is 0 Å². The zero-order chi connectivity index (χ0) is 12.3. The molecule has 2 nitrogen and oxygen atoms in total. The molecule has 2 rings (SSSR count). The third-order valence-electron chi connectivity index (χ3n) is 3.58. The second-order valence-electron chi connectivity index (χ2n) is 4.82. The molecule has 94 valence electrons. The first kappa shape index (κ1) is 13.1. The fourth-order valence-corrected chi connectivity index (χ4v) is 2.83. The standard InChI is InChI=1S/C14H21IN2/c1-3-17-8-6-12(7-9-17)16-13-5-4-11(2)14(15)10-13/h4-5,10,12,16H,3,6-9H2,1-2H3. The number of rotatable bonds is 3. The van der Waals surface area contributed by atoms with Crippen molar-refractivity contribution in [2.24, 2.45) is 0 Å². The van der Waals surface area contributed by atoms with E-state index in [1.54, 1.807) is 0 Å². The van der Waals surface area contributed by atoms with Crippen LogP contribution in [0.4, 0.5) is 5.69 Å². The summed E-state index contributed by atoms with van der Waals surface area (Å²) in [4.78, 5) is 2.52. The highest BCUT2D eigenvalue weighted by atomic mass is 127. The van der Waals surface area contributed by atoms with E-state index in [4.69, 9.17) is 0 Å². The number of nitrogens with zero attached hydrogens (tertiary/aromatic N) is 1. The summed E-state index contributed by atoms with van der Waals surface area (Å²) in [6.07, 6.45) is 2.52. The summed E-state index contributed by atoms with van der Waals surface area (Å²) < 4.78 is 1.35. The van der Waals surface area contributed by atoms with E-state index in [0.29, 0.717) is 6.04 Å². The van der Waals surface area contributed by atoms with Crippen molar-refractivity contribution in [1.82, 2.24) is 4.90 Å². The maximum absolute atomic E-state index is 3.66. The molecule has 0 aliphatic carbocycles. The van der Waals surface area contributed by atoms with E-state index in [1.165, 1.54) is 47.3 Å². The van der Waals surface area contributed by atoms with E-state index in [-0.39, 0.29) is 0 Å². The first-order valence-electron chi connectivity index (χ1n) is 6.44. The van der Waals surface area contributed by atoms with Crippen LogP contribution >= 0.6 is 22.6 Å². The number of benzene rings is 1. The minimum atomic E-state index is 0.649. The molecule has 1 N–H and O–H groups in total. The zero-order valence-corrected chi connectivity index (χ0v) is 12.8. The fourth-order valence-electron chi connectivity index (χ4n) is 2.31. The summed E-state index contributed by atoms with van der Waals surface area (Å²) in [5.74, 6) is 0. The van der Waals surface area contributed by atoms with Crippen LogP contribution in [0, 0.1) is 10.5 Å². The van der Waals surface area contributed by atoms with Gasteiger partial charge in [0.05, 0.1) is 0 Å². The first-order valence-corrected chi connectivity index (χ1v) is 7.52. The average molecular weight is 344 g/mol. The van der Waals surface area contributed by atoms with E-state index in [9.17, 15) is 0 Å². The Morgan fingerprint density at radius 3 is 2.65 bits per heavy atom. The smallest absolute Gasteiger partial charge is 0.0353 e. The van der Waals surface area contributed by atoms with Gasteiger partial charge in [0.15, 0.2) is 0 Å². The molecule has 0 unspecified atom stereocenters. The Morgan fingerprint density at radius 1 is 1.35 bits per heavy atom. The number of halogens is 1. The van der Waals surface area contributed by atoms with Gasteiger partial charge < -0.3 is 10.2 Å². The molecule has 0 saturated carbocycles. The van der Waals surface area contributed by atoms with Gasteiger partial charge in [-0.05, 0) is 66.6 Å². The van der Waals surface area contributed by atoms with E-state index in [2.05, 4.69) is 64.9 Å². The predicted octanol–water partition coefficient (Wildman–Crippen LogP) is 3.50. The molecule has 1 heterocycles. The molecule has 1 aromatic carbocycles. The van der Waals surface area contributed by atoms with E-state index in [1.807, 2.05) is 0 Å². The highest BCUT2D eigenvalue weighted by Crippen LogP contribution is 2.20. The van der Waals surface area contributed by atoms with Crippen LogP contribution in [0.25, 0.3) is 0 Å². The van der Waals surface area contributed by atoms with E-state index in [0.717, 1.165) is 0 Å². The molecule has 1 aromatic rings. The summed E-state index contributed by atoms with van der Waals surface area (Å²) in [5.41, 5.74) is 2.63. The quantitative estimate of drug-likeness (QED) is 0.845. The fraction of sp³-hybridized carbons (Fsp3) is 0.571. The Morgan fingerprint density at radius 2 is 2.06 bits per heavy atom. The Hall–Kier alpha value is -0.290. The number of likely N-dealkylation sites (tertiary alicyclic amines) is 1. The van der Waals surface area contributed by atoms with Gasteiger partial charge in [0.2, 0.25) is 0 Å². The molecule has 17 heavy (non-hydrogen) atoms. The third-order valence-corrected chi connectivity index (χ3v) is 4.74. The van der Waals surface area contributed by atoms with Gasteiger partial charge in [-0.25, -0.2) is 0 Å². The van der Waals surface area contributed by atoms with Crippen LogP contribution in [0.15, 0.2) is 18.2 Å². The average Bonchev–Trinajstić information content (AvgIpc) is 2.35. The van der Waals surface area contributed by atoms with E-state index < -0.39 is 0 Å². The highest BCUT2D eigenvalue weighted by Gasteiger charge is 2.17. The lowest BCUT2D eigenvalue weighted by Crippen LogP contribution is -2.38. The van der Waals surface area contributed by atoms with Crippen molar-refractivity contribution in [2.45, 2.75) is 32.7 Å². The molecule has 0 aromatic heterocycles. The van der Waals surface area contributed by atoms with Gasteiger partial charge in [-0.2, -0.15) is 0 Å². The lowest BCUT2D eigenvalue weighted by Gasteiger charge is -2.32. The number of hydrogen-bond acceptors (Lipinski definition) is 2. The topological polar surface area (TPSA) is 15.3 Å². The summed E-state index contributed by atoms with van der Waals surface area (Å²) in [6, 6.07) is 7.30. The van der Waals surface area contributed by atoms with Crippen LogP contribution in [-0.4, -0.2) is 30.6 Å². The summed E-state index contributed by atoms with van der Waals surface area (Å²) in [6.45, 7) is 8.06. The Kier molecular flexibility index (Phi) is 4.68. The second-order valence-corrected chi connectivity index (χ2v) is 5.98. The first-order chi connectivity index (χ1) is 8.19. The Bertz CT molecular complexity index is 370. The molecule has 1 saturated heterocycles. The monoisotopic (exact) mass is 344 g/mol. The molecule has 1 aliphatic rings. The zero-order valence-electron chi connectivity index (χ0n) is 10.7. The minimum absolute atomic E-state index is 0.649. The lowest BCUT2D eigenvalue weighted by molar-refractivity contribution is 0.229. The van der Waals surface area contributed by atoms with Crippen molar-refractivity contribution in [2.75, 3.05) is 25.0 Å². The van der Waals surface area contributed by atoms with Gasteiger partial charge in [-0.3, -0.25) is 0 Å². The van der Waals surface area contributed by atoms with Crippen LogP contribution in [0.2, 0.25) is 0 Å². The number of nitrogens with one attached hydrogen (secondary N) is 1. The van der Waals surface area contributed by atoms with Crippen LogP contribution in [0.5, 0.6) is 0 Å². The third kappa shape index (κ3) is 3.58. The van der Waals surface area contributed by atoms with Gasteiger partial charge in [-0.15, -0.1) is 0 Å². The number of piperidine rings is 1. The number of hydrogen-bond donors (Lipinski definition) is 1. The van der Waals surface area contributed by atoms with E-state index >= 15 is 0 Å². The maximum Gasteiger partial charge on any atom is 0.0353 e. The molecule has 3 heteroatoms. The van der Waals surface area contributed by atoms with Crippen molar-refractivity contribution in [1.29, 1.82) is 0 Å². The van der Waals surface area contributed by atoms with Crippen molar-refractivity contribution in [3.05, 3.63) is 27.3 Å². The molecule has 0 amide bonds. The van der Waals surface area contributed by atoms with Crippen molar-refractivity contribution in [3.63, 3.8) is 0 Å². The minimum Gasteiger partial charge on any atom is -0.382 e. The molecule has 0 radical (unpaired) electrons. The molecular weight excluding hydrogens is 323 g/mol. The Balaban J connectivity index is 1.91. The lowest BCUT2D eigenvalue weighted by atomic mass is 10.0. The van der Waals surface area contributed by atoms with Gasteiger partial charge >= 0.3 is 0 Å². The summed E-state index contributed by atoms with van der Waals surface area (Å²) in [5, 5.41) is 3.66. The number of aryl methyl sites for hydroxylation is 1. The van der Waals surface area contributed by atoms with Crippen molar-refractivity contribution in [3.8, 4) is 0 Å². The largest absolute Gasteiger partial charge is 0.382 e. The normalized spacial score (nSPS) is 18.3. The van der Waals surface area contributed by atoms with Gasteiger partial charge in [0, 0.05) is 28.4 Å². The summed E-state index contributed by atoms with van der Waals surface area (Å²) >= 11 is 2.41. The molecule has 1 fully saturated rings. The highest BCUT2D eigenvalue weighted by molar-refractivity contribution is 14.1. The molecule has 1 aliphatic heterocycles. The van der Waals surface area contributed by atoms with Crippen LogP contribution in [-0.2, 0) is 0 Å². The van der Waals surface area contributed by atoms with Gasteiger partial charge in [0.1, 0.15) is 0 Å². The molecule has 0 spiro atoms. The maximum atomic E-state index is 3.66. The van der Waals surface area contributed by atoms with Crippen molar-refractivity contribution >= 4 is 28.3 Å². The second kappa shape index (κ2) is 6.05. The van der Waals surface area contributed by atoms with Crippen LogP contribution < -0.4 is 5.32 Å². The Labute approximate surface area is 118 Å². The molecule has 0 atom stereocenters. The SMILES string of the molecule is CCN1CCC(Nc2ccc(C)c(I)c2)CC1. The van der Waals surface area contributed by atoms with Gasteiger partial charge in [-0.1, -0.05) is 13.0 Å². The van der Waals surface area contributed by atoms with Crippen molar-refractivity contribution < 1.29 is 0 Å².